The van der Waals surface area contributed by atoms with Crippen LogP contribution < -0.4 is 5.46 Å². The highest BCUT2D eigenvalue weighted by Gasteiger charge is 2.52. The largest absolute Gasteiger partial charge is 0.494 e. The average Bonchev–Trinajstić information content (AvgIpc) is 2.81. The van der Waals surface area contributed by atoms with Gasteiger partial charge in [0.2, 0.25) is 10.0 Å². The third kappa shape index (κ3) is 4.16. The molecular formula is C22H36BNO4S. The van der Waals surface area contributed by atoms with Gasteiger partial charge in [-0.1, -0.05) is 39.3 Å². The van der Waals surface area contributed by atoms with Crippen LogP contribution in [0, 0.1) is 0 Å². The van der Waals surface area contributed by atoms with Crippen LogP contribution in [0.15, 0.2) is 23.1 Å². The maximum atomic E-state index is 13.6. The zero-order valence-electron chi connectivity index (χ0n) is 19.2. The summed E-state index contributed by atoms with van der Waals surface area (Å²) in [6.45, 7) is 16.8. The van der Waals surface area contributed by atoms with Gasteiger partial charge in [-0.3, -0.25) is 0 Å². The van der Waals surface area contributed by atoms with Gasteiger partial charge in [-0.25, -0.2) is 8.42 Å². The van der Waals surface area contributed by atoms with Crippen molar-refractivity contribution in [1.82, 2.24) is 4.31 Å². The summed E-state index contributed by atoms with van der Waals surface area (Å²) in [5.41, 5.74) is 0.462. The summed E-state index contributed by atoms with van der Waals surface area (Å²) in [6, 6.07) is 5.59. The predicted octanol–water partition coefficient (Wildman–Crippen LogP) is 3.85. The Kier molecular flexibility index (Phi) is 5.79. The molecule has 1 unspecified atom stereocenters. The van der Waals surface area contributed by atoms with Crippen molar-refractivity contribution in [3.8, 4) is 0 Å². The number of sulfonamides is 1. The minimum absolute atomic E-state index is 0.0318. The molecule has 1 atom stereocenters. The number of benzene rings is 1. The normalized spacial score (nSPS) is 25.4. The Morgan fingerprint density at radius 2 is 1.66 bits per heavy atom. The van der Waals surface area contributed by atoms with E-state index in [9.17, 15) is 8.42 Å². The van der Waals surface area contributed by atoms with Crippen molar-refractivity contribution in [3.63, 3.8) is 0 Å². The van der Waals surface area contributed by atoms with Gasteiger partial charge in [0.25, 0.3) is 0 Å². The lowest BCUT2D eigenvalue weighted by molar-refractivity contribution is 0.00578. The lowest BCUT2D eigenvalue weighted by Crippen LogP contribution is -2.43. The van der Waals surface area contributed by atoms with E-state index >= 15 is 0 Å². The van der Waals surface area contributed by atoms with E-state index in [1.54, 1.807) is 10.4 Å². The van der Waals surface area contributed by atoms with Gasteiger partial charge in [0.05, 0.1) is 16.1 Å². The summed E-state index contributed by atoms with van der Waals surface area (Å²) in [5, 5.41) is 0. The third-order valence-corrected chi connectivity index (χ3v) is 8.74. The molecule has 2 heterocycles. The molecule has 0 spiro atoms. The molecule has 1 aromatic carbocycles. The standard InChI is InChI=1S/C22H36BNO4S/c1-16-11-9-10-14-24(16)29(25,26)19-13-12-17(15-18(19)20(2,3)4)23-27-21(5,6)22(7,8)28-23/h12-13,15-16H,9-11,14H2,1-8H3. The Balaban J connectivity index is 2.05. The van der Waals surface area contributed by atoms with Crippen LogP contribution in [0.25, 0.3) is 0 Å². The van der Waals surface area contributed by atoms with Crippen LogP contribution in [-0.2, 0) is 24.7 Å². The molecule has 0 amide bonds. The second-order valence-corrected chi connectivity index (χ2v) is 12.4. The van der Waals surface area contributed by atoms with Gasteiger partial charge < -0.3 is 9.31 Å². The lowest BCUT2D eigenvalue weighted by Gasteiger charge is -2.34. The molecule has 0 saturated carbocycles. The minimum Gasteiger partial charge on any atom is -0.399 e. The molecule has 0 aromatic heterocycles. The topological polar surface area (TPSA) is 55.8 Å². The fourth-order valence-corrected chi connectivity index (χ4v) is 6.12. The van der Waals surface area contributed by atoms with Crippen LogP contribution in [0.5, 0.6) is 0 Å². The quantitative estimate of drug-likeness (QED) is 0.696. The van der Waals surface area contributed by atoms with E-state index < -0.39 is 28.3 Å². The van der Waals surface area contributed by atoms with E-state index in [2.05, 4.69) is 20.8 Å². The Hall–Kier alpha value is -0.885. The van der Waals surface area contributed by atoms with Gasteiger partial charge in [0, 0.05) is 12.6 Å². The first-order valence-corrected chi connectivity index (χ1v) is 12.1. The minimum atomic E-state index is -3.56. The molecule has 3 rings (SSSR count). The average molecular weight is 421 g/mol. The van der Waals surface area contributed by atoms with E-state index in [1.165, 1.54) is 0 Å². The summed E-state index contributed by atoms with van der Waals surface area (Å²) in [4.78, 5) is 0.402. The Bertz CT molecular complexity index is 857. The van der Waals surface area contributed by atoms with Gasteiger partial charge in [0.15, 0.2) is 0 Å². The number of hydrogen-bond donors (Lipinski definition) is 0. The molecule has 2 saturated heterocycles. The first kappa shape index (κ1) is 22.8. The molecule has 0 radical (unpaired) electrons. The molecule has 0 bridgehead atoms. The fraction of sp³-hybridized carbons (Fsp3) is 0.727. The molecular weight excluding hydrogens is 385 g/mol. The van der Waals surface area contributed by atoms with Crippen molar-refractivity contribution in [2.24, 2.45) is 0 Å². The highest BCUT2D eigenvalue weighted by Crippen LogP contribution is 2.38. The van der Waals surface area contributed by atoms with Gasteiger partial charge >= 0.3 is 7.12 Å². The molecule has 29 heavy (non-hydrogen) atoms. The predicted molar refractivity (Wildman–Crippen MR) is 118 cm³/mol. The smallest absolute Gasteiger partial charge is 0.399 e. The number of hydrogen-bond acceptors (Lipinski definition) is 4. The van der Waals surface area contributed by atoms with E-state index in [1.807, 2.05) is 46.8 Å². The monoisotopic (exact) mass is 421 g/mol. The Morgan fingerprint density at radius 1 is 1.07 bits per heavy atom. The van der Waals surface area contributed by atoms with Crippen LogP contribution in [-0.4, -0.2) is 43.6 Å². The van der Waals surface area contributed by atoms with Crippen molar-refractivity contribution < 1.29 is 17.7 Å². The molecule has 2 aliphatic heterocycles. The zero-order valence-corrected chi connectivity index (χ0v) is 20.0. The molecule has 162 valence electrons. The summed E-state index contributed by atoms with van der Waals surface area (Å²) < 4.78 is 41.2. The van der Waals surface area contributed by atoms with Crippen molar-refractivity contribution in [2.45, 2.75) is 102 Å². The first-order valence-electron chi connectivity index (χ1n) is 10.7. The number of piperidine rings is 1. The van der Waals surface area contributed by atoms with Crippen LogP contribution in [0.4, 0.5) is 0 Å². The summed E-state index contributed by atoms with van der Waals surface area (Å²) in [7, 11) is -4.07. The van der Waals surface area contributed by atoms with E-state index in [0.29, 0.717) is 11.4 Å². The number of rotatable bonds is 3. The molecule has 0 aliphatic carbocycles. The van der Waals surface area contributed by atoms with Crippen molar-refractivity contribution in [1.29, 1.82) is 0 Å². The Morgan fingerprint density at radius 3 is 2.17 bits per heavy atom. The zero-order chi connectivity index (χ0) is 21.8. The van der Waals surface area contributed by atoms with E-state index in [-0.39, 0.29) is 11.5 Å². The van der Waals surface area contributed by atoms with Gasteiger partial charge in [-0.05, 0) is 70.0 Å². The van der Waals surface area contributed by atoms with Gasteiger partial charge in [-0.15, -0.1) is 0 Å². The fourth-order valence-electron chi connectivity index (χ4n) is 4.04. The van der Waals surface area contributed by atoms with Crippen molar-refractivity contribution in [3.05, 3.63) is 23.8 Å². The molecule has 0 N–H and O–H groups in total. The maximum Gasteiger partial charge on any atom is 0.494 e. The van der Waals surface area contributed by atoms with Crippen molar-refractivity contribution in [2.75, 3.05) is 6.54 Å². The number of nitrogens with zero attached hydrogens (tertiary/aromatic N) is 1. The van der Waals surface area contributed by atoms with E-state index in [4.69, 9.17) is 9.31 Å². The second kappa shape index (κ2) is 7.36. The van der Waals surface area contributed by atoms with Crippen LogP contribution in [0.3, 0.4) is 0 Å². The summed E-state index contributed by atoms with van der Waals surface area (Å²) in [6.07, 6.45) is 2.91. The van der Waals surface area contributed by atoms with Crippen LogP contribution in [0.1, 0.15) is 80.2 Å². The summed E-state index contributed by atoms with van der Waals surface area (Å²) in [5.74, 6) is 0. The van der Waals surface area contributed by atoms with Crippen LogP contribution in [0.2, 0.25) is 0 Å². The SMILES string of the molecule is CC1CCCCN1S(=O)(=O)c1ccc(B2OC(C)(C)C(C)(C)O2)cc1C(C)(C)C. The van der Waals surface area contributed by atoms with Gasteiger partial charge in [0.1, 0.15) is 0 Å². The highest BCUT2D eigenvalue weighted by molar-refractivity contribution is 7.89. The van der Waals surface area contributed by atoms with Crippen molar-refractivity contribution >= 4 is 22.6 Å². The third-order valence-electron chi connectivity index (χ3n) is 6.67. The lowest BCUT2D eigenvalue weighted by atomic mass is 9.75. The molecule has 1 aromatic rings. The molecule has 5 nitrogen and oxygen atoms in total. The Labute approximate surface area is 177 Å². The second-order valence-electron chi connectivity index (χ2n) is 10.6. The molecule has 7 heteroatoms. The maximum absolute atomic E-state index is 13.6. The first-order chi connectivity index (χ1) is 13.2. The van der Waals surface area contributed by atoms with E-state index in [0.717, 1.165) is 30.3 Å². The molecule has 2 fully saturated rings. The molecule has 2 aliphatic rings. The van der Waals surface area contributed by atoms with Gasteiger partial charge in [-0.2, -0.15) is 4.31 Å². The summed E-state index contributed by atoms with van der Waals surface area (Å²) >= 11 is 0. The highest BCUT2D eigenvalue weighted by atomic mass is 32.2. The van der Waals surface area contributed by atoms with Crippen LogP contribution >= 0.6 is 0 Å².